The van der Waals surface area contributed by atoms with Gasteiger partial charge >= 0.3 is 0 Å². The maximum Gasteiger partial charge on any atom is 0.176 e. The van der Waals surface area contributed by atoms with Crippen molar-refractivity contribution in [1.82, 2.24) is 0 Å². The zero-order chi connectivity index (χ0) is 13.8. The van der Waals surface area contributed by atoms with Gasteiger partial charge in [0.25, 0.3) is 0 Å². The summed E-state index contributed by atoms with van der Waals surface area (Å²) >= 11 is 1.37. The zero-order valence-corrected chi connectivity index (χ0v) is 11.2. The summed E-state index contributed by atoms with van der Waals surface area (Å²) in [5.74, 6) is -0.832. The number of aromatic hydroxyl groups is 1. The number of carbonyl (C=O) groups is 1. The predicted octanol–water partition coefficient (Wildman–Crippen LogP) is 3.81. The Hall–Kier alpha value is -1.81. The first kappa shape index (κ1) is 13.6. The van der Waals surface area contributed by atoms with E-state index in [2.05, 4.69) is 0 Å². The van der Waals surface area contributed by atoms with Gasteiger partial charge in [-0.3, -0.25) is 4.79 Å². The molecular weight excluding hydrogens is 263 g/mol. The number of phenols is 1. The fourth-order valence-electron chi connectivity index (χ4n) is 1.66. The summed E-state index contributed by atoms with van der Waals surface area (Å²) in [6, 6.07) is 11.2. The molecule has 2 aromatic rings. The van der Waals surface area contributed by atoms with E-state index in [1.54, 1.807) is 0 Å². The van der Waals surface area contributed by atoms with Gasteiger partial charge in [-0.1, -0.05) is 17.7 Å². The van der Waals surface area contributed by atoms with Crippen molar-refractivity contribution in [3.8, 4) is 5.75 Å². The quantitative estimate of drug-likeness (QED) is 0.681. The van der Waals surface area contributed by atoms with Crippen LogP contribution in [0.25, 0.3) is 0 Å². The van der Waals surface area contributed by atoms with Crippen LogP contribution in [-0.2, 0) is 0 Å². The molecule has 0 aliphatic heterocycles. The molecule has 0 fully saturated rings. The molecule has 2 rings (SSSR count). The number of carbonyl (C=O) groups excluding carboxylic acids is 1. The smallest absolute Gasteiger partial charge is 0.176 e. The maximum atomic E-state index is 13.1. The lowest BCUT2D eigenvalue weighted by molar-refractivity contribution is 0.101. The van der Waals surface area contributed by atoms with Gasteiger partial charge in [-0.25, -0.2) is 4.39 Å². The molecule has 0 saturated heterocycles. The molecule has 4 heteroatoms. The molecule has 0 saturated carbocycles. The molecule has 0 atom stereocenters. The van der Waals surface area contributed by atoms with Crippen LogP contribution in [-0.4, -0.2) is 16.6 Å². The fourth-order valence-corrected chi connectivity index (χ4v) is 2.56. The highest BCUT2D eigenvalue weighted by molar-refractivity contribution is 8.00. The molecule has 0 aliphatic carbocycles. The van der Waals surface area contributed by atoms with Gasteiger partial charge in [0, 0.05) is 4.90 Å². The number of ketones is 1. The average Bonchev–Trinajstić information content (AvgIpc) is 2.39. The highest BCUT2D eigenvalue weighted by atomic mass is 32.2. The van der Waals surface area contributed by atoms with E-state index >= 15 is 0 Å². The van der Waals surface area contributed by atoms with Crippen LogP contribution in [0, 0.1) is 12.7 Å². The van der Waals surface area contributed by atoms with Gasteiger partial charge < -0.3 is 5.11 Å². The number of benzene rings is 2. The minimum absolute atomic E-state index is 0.0279. The number of rotatable bonds is 4. The van der Waals surface area contributed by atoms with Crippen molar-refractivity contribution >= 4 is 17.5 Å². The van der Waals surface area contributed by atoms with Gasteiger partial charge in [0.15, 0.2) is 5.78 Å². The molecule has 0 amide bonds. The van der Waals surface area contributed by atoms with Gasteiger partial charge in [0.2, 0.25) is 0 Å². The first-order valence-electron chi connectivity index (χ1n) is 5.77. The van der Waals surface area contributed by atoms with Crippen molar-refractivity contribution in [3.63, 3.8) is 0 Å². The van der Waals surface area contributed by atoms with Gasteiger partial charge in [-0.2, -0.15) is 0 Å². The predicted molar refractivity (Wildman–Crippen MR) is 74.3 cm³/mol. The summed E-state index contributed by atoms with van der Waals surface area (Å²) in [5.41, 5.74) is 1.14. The summed E-state index contributed by atoms with van der Waals surface area (Å²) in [5, 5.41) is 9.55. The highest BCUT2D eigenvalue weighted by Crippen LogP contribution is 2.24. The summed E-state index contributed by atoms with van der Waals surface area (Å²) < 4.78 is 13.1. The monoisotopic (exact) mass is 276 g/mol. The minimum Gasteiger partial charge on any atom is -0.507 e. The van der Waals surface area contributed by atoms with Gasteiger partial charge in [0.1, 0.15) is 11.6 Å². The summed E-state index contributed by atoms with van der Waals surface area (Å²) in [6.45, 7) is 1.98. The molecule has 0 radical (unpaired) electrons. The van der Waals surface area contributed by atoms with E-state index in [1.807, 2.05) is 31.2 Å². The molecular formula is C15H13FO2S. The van der Waals surface area contributed by atoms with Crippen LogP contribution in [0.5, 0.6) is 5.75 Å². The standard InChI is InChI=1S/C15H13FO2S/c1-10-3-2-4-12(7-10)19-9-15(18)13-8-11(16)5-6-14(13)17/h2-8,17H,9H2,1H3. The number of Topliss-reactive ketones (excluding diaryl/α,β-unsaturated/α-hetero) is 1. The maximum absolute atomic E-state index is 13.1. The molecule has 2 nitrogen and oxygen atoms in total. The number of hydrogen-bond acceptors (Lipinski definition) is 3. The van der Waals surface area contributed by atoms with E-state index in [0.717, 1.165) is 22.6 Å². The van der Waals surface area contributed by atoms with Crippen molar-refractivity contribution < 1.29 is 14.3 Å². The Kier molecular flexibility index (Phi) is 4.22. The van der Waals surface area contributed by atoms with Gasteiger partial charge in [-0.15, -0.1) is 11.8 Å². The van der Waals surface area contributed by atoms with Crippen molar-refractivity contribution in [2.75, 3.05) is 5.75 Å². The summed E-state index contributed by atoms with van der Waals surface area (Å²) in [4.78, 5) is 12.9. The third kappa shape index (κ3) is 3.58. The number of phenolic OH excluding ortho intramolecular Hbond substituents is 1. The second kappa shape index (κ2) is 5.89. The van der Waals surface area contributed by atoms with Crippen LogP contribution < -0.4 is 0 Å². The highest BCUT2D eigenvalue weighted by Gasteiger charge is 2.12. The molecule has 0 bridgehead atoms. The second-order valence-electron chi connectivity index (χ2n) is 4.19. The normalized spacial score (nSPS) is 10.4. The third-order valence-electron chi connectivity index (χ3n) is 2.62. The number of aryl methyl sites for hydroxylation is 1. The van der Waals surface area contributed by atoms with Crippen molar-refractivity contribution in [2.24, 2.45) is 0 Å². The van der Waals surface area contributed by atoms with Crippen LogP contribution >= 0.6 is 11.8 Å². The molecule has 0 aromatic heterocycles. The van der Waals surface area contributed by atoms with Gasteiger partial charge in [0.05, 0.1) is 11.3 Å². The Morgan fingerprint density at radius 1 is 1.26 bits per heavy atom. The Labute approximate surface area is 115 Å². The Balaban J connectivity index is 2.07. The lowest BCUT2D eigenvalue weighted by Gasteiger charge is -2.05. The number of thioether (sulfide) groups is 1. The first-order valence-corrected chi connectivity index (χ1v) is 6.76. The van der Waals surface area contributed by atoms with E-state index in [1.165, 1.54) is 17.8 Å². The summed E-state index contributed by atoms with van der Waals surface area (Å²) in [7, 11) is 0. The molecule has 2 aromatic carbocycles. The van der Waals surface area contributed by atoms with Crippen LogP contribution in [0.15, 0.2) is 47.4 Å². The topological polar surface area (TPSA) is 37.3 Å². The molecule has 0 heterocycles. The lowest BCUT2D eigenvalue weighted by Crippen LogP contribution is -2.03. The average molecular weight is 276 g/mol. The Morgan fingerprint density at radius 3 is 2.79 bits per heavy atom. The lowest BCUT2D eigenvalue weighted by atomic mass is 10.1. The largest absolute Gasteiger partial charge is 0.507 e. The molecule has 19 heavy (non-hydrogen) atoms. The molecule has 0 unspecified atom stereocenters. The number of hydrogen-bond donors (Lipinski definition) is 1. The van der Waals surface area contributed by atoms with Crippen LogP contribution in [0.4, 0.5) is 4.39 Å². The van der Waals surface area contributed by atoms with E-state index in [4.69, 9.17) is 0 Å². The molecule has 0 aliphatic rings. The van der Waals surface area contributed by atoms with E-state index in [0.29, 0.717) is 0 Å². The first-order chi connectivity index (χ1) is 9.06. The third-order valence-corrected chi connectivity index (χ3v) is 3.61. The minimum atomic E-state index is -0.526. The van der Waals surface area contributed by atoms with E-state index in [9.17, 15) is 14.3 Å². The Bertz CT molecular complexity index is 611. The van der Waals surface area contributed by atoms with Crippen molar-refractivity contribution in [3.05, 3.63) is 59.4 Å². The zero-order valence-electron chi connectivity index (χ0n) is 10.4. The van der Waals surface area contributed by atoms with Crippen LogP contribution in [0.1, 0.15) is 15.9 Å². The molecule has 0 spiro atoms. The van der Waals surface area contributed by atoms with Crippen LogP contribution in [0.3, 0.4) is 0 Å². The summed E-state index contributed by atoms with van der Waals surface area (Å²) in [6.07, 6.45) is 0. The van der Waals surface area contributed by atoms with Gasteiger partial charge in [-0.05, 0) is 37.3 Å². The molecule has 98 valence electrons. The number of halogens is 1. The second-order valence-corrected chi connectivity index (χ2v) is 5.24. The van der Waals surface area contributed by atoms with Crippen LogP contribution in [0.2, 0.25) is 0 Å². The van der Waals surface area contributed by atoms with E-state index in [-0.39, 0.29) is 22.8 Å². The van der Waals surface area contributed by atoms with E-state index < -0.39 is 5.82 Å². The Morgan fingerprint density at radius 2 is 2.05 bits per heavy atom. The SMILES string of the molecule is Cc1cccc(SCC(=O)c2cc(F)ccc2O)c1. The van der Waals surface area contributed by atoms with Crippen molar-refractivity contribution in [1.29, 1.82) is 0 Å². The molecule has 1 N–H and O–H groups in total. The van der Waals surface area contributed by atoms with Crippen molar-refractivity contribution in [2.45, 2.75) is 11.8 Å². The fraction of sp³-hybridized carbons (Fsp3) is 0.133.